The summed E-state index contributed by atoms with van der Waals surface area (Å²) in [4.78, 5) is 8.02. The Morgan fingerprint density at radius 1 is 1.09 bits per heavy atom. The Hall–Kier alpha value is -2.54. The van der Waals surface area contributed by atoms with Crippen molar-refractivity contribution in [1.82, 2.24) is 15.3 Å². The molecule has 1 heterocycles. The summed E-state index contributed by atoms with van der Waals surface area (Å²) in [5.41, 5.74) is 4.12. The number of aromatic amines is 1. The van der Waals surface area contributed by atoms with Crippen molar-refractivity contribution in [2.24, 2.45) is 0 Å². The third-order valence-corrected chi connectivity index (χ3v) is 6.14. The topological polar surface area (TPSA) is 59.2 Å². The zero-order chi connectivity index (χ0) is 22.3. The minimum absolute atomic E-state index is 0.409. The van der Waals surface area contributed by atoms with Crippen LogP contribution in [0.1, 0.15) is 23.4 Å². The van der Waals surface area contributed by atoms with Crippen molar-refractivity contribution in [2.75, 3.05) is 13.7 Å². The van der Waals surface area contributed by atoms with Gasteiger partial charge in [-0.2, -0.15) is 0 Å². The molecule has 0 fully saturated rings. The fourth-order valence-corrected chi connectivity index (χ4v) is 4.23. The lowest BCUT2D eigenvalue weighted by molar-refractivity contribution is 0.280. The van der Waals surface area contributed by atoms with E-state index in [-0.39, 0.29) is 0 Å². The maximum atomic E-state index is 6.17. The zero-order valence-electron chi connectivity index (χ0n) is 17.8. The number of imidazole rings is 1. The van der Waals surface area contributed by atoms with Gasteiger partial charge in [-0.1, -0.05) is 51.8 Å². The smallest absolute Gasteiger partial charge is 0.167 e. The number of aryl methyl sites for hydroxylation is 1. The first kappa shape index (κ1) is 22.6. The third-order valence-electron chi connectivity index (χ3n) is 5.17. The summed E-state index contributed by atoms with van der Waals surface area (Å²) in [5, 5.41) is 4.21. The zero-order valence-corrected chi connectivity index (χ0v) is 20.2. The predicted molar refractivity (Wildman–Crippen MR) is 133 cm³/mol. The monoisotopic (exact) mass is 513 g/mol. The van der Waals surface area contributed by atoms with E-state index in [2.05, 4.69) is 37.3 Å². The lowest BCUT2D eigenvalue weighted by atomic mass is 10.1. The Bertz CT molecular complexity index is 1160. The lowest BCUT2D eigenvalue weighted by Gasteiger charge is -2.17. The largest absolute Gasteiger partial charge is 0.493 e. The second kappa shape index (κ2) is 10.9. The molecule has 0 bridgehead atoms. The van der Waals surface area contributed by atoms with Crippen molar-refractivity contribution in [3.63, 3.8) is 0 Å². The van der Waals surface area contributed by atoms with Gasteiger partial charge in [0.05, 0.1) is 18.1 Å². The van der Waals surface area contributed by atoms with Gasteiger partial charge in [0.15, 0.2) is 11.5 Å². The van der Waals surface area contributed by atoms with Gasteiger partial charge in [-0.25, -0.2) is 4.98 Å². The van der Waals surface area contributed by atoms with E-state index in [9.17, 15) is 0 Å². The molecule has 0 atom stereocenters. The van der Waals surface area contributed by atoms with Crippen LogP contribution < -0.4 is 14.8 Å². The van der Waals surface area contributed by atoms with Crippen molar-refractivity contribution in [1.29, 1.82) is 0 Å². The van der Waals surface area contributed by atoms with E-state index in [1.807, 2.05) is 54.6 Å². The number of hydrogen-bond acceptors (Lipinski definition) is 4. The van der Waals surface area contributed by atoms with Crippen LogP contribution in [-0.4, -0.2) is 23.6 Å². The molecule has 166 valence electrons. The van der Waals surface area contributed by atoms with E-state index in [1.165, 1.54) is 0 Å². The second-order valence-corrected chi connectivity index (χ2v) is 8.75. The van der Waals surface area contributed by atoms with E-state index in [0.29, 0.717) is 23.9 Å². The Morgan fingerprint density at radius 3 is 2.78 bits per heavy atom. The molecule has 0 aliphatic carbocycles. The molecule has 0 saturated carbocycles. The number of aromatic nitrogens is 2. The van der Waals surface area contributed by atoms with Gasteiger partial charge >= 0.3 is 0 Å². The van der Waals surface area contributed by atoms with Gasteiger partial charge in [0.2, 0.25) is 0 Å². The van der Waals surface area contributed by atoms with Crippen molar-refractivity contribution in [3.8, 4) is 11.5 Å². The van der Waals surface area contributed by atoms with Gasteiger partial charge in [-0.3, -0.25) is 0 Å². The molecule has 1 aromatic heterocycles. The van der Waals surface area contributed by atoms with Gasteiger partial charge in [0.25, 0.3) is 0 Å². The highest BCUT2D eigenvalue weighted by molar-refractivity contribution is 9.10. The molecule has 7 heteroatoms. The number of nitrogens with one attached hydrogen (secondary N) is 2. The Labute approximate surface area is 201 Å². The van der Waals surface area contributed by atoms with E-state index < -0.39 is 0 Å². The van der Waals surface area contributed by atoms with E-state index >= 15 is 0 Å². The van der Waals surface area contributed by atoms with Crippen LogP contribution in [0.3, 0.4) is 0 Å². The van der Waals surface area contributed by atoms with Crippen LogP contribution in [0, 0.1) is 0 Å². The molecule has 0 aliphatic heterocycles. The van der Waals surface area contributed by atoms with Crippen LogP contribution in [-0.2, 0) is 19.6 Å². The molecule has 0 spiro atoms. The molecule has 2 N–H and O–H groups in total. The highest BCUT2D eigenvalue weighted by atomic mass is 79.9. The van der Waals surface area contributed by atoms with E-state index in [4.69, 9.17) is 21.1 Å². The van der Waals surface area contributed by atoms with Crippen molar-refractivity contribution in [2.45, 2.75) is 26.0 Å². The summed E-state index contributed by atoms with van der Waals surface area (Å²) in [6.45, 7) is 1.92. The summed E-state index contributed by atoms with van der Waals surface area (Å²) < 4.78 is 12.7. The van der Waals surface area contributed by atoms with Crippen LogP contribution in [0.25, 0.3) is 11.0 Å². The van der Waals surface area contributed by atoms with E-state index in [1.54, 1.807) is 7.11 Å². The van der Waals surface area contributed by atoms with Crippen LogP contribution >= 0.6 is 27.5 Å². The van der Waals surface area contributed by atoms with Crippen LogP contribution in [0.5, 0.6) is 11.5 Å². The van der Waals surface area contributed by atoms with Gasteiger partial charge in [-0.15, -0.1) is 0 Å². The first-order valence-electron chi connectivity index (χ1n) is 10.5. The molecule has 4 aromatic rings. The molecule has 5 nitrogen and oxygen atoms in total. The Balaban J connectivity index is 1.36. The minimum atomic E-state index is 0.409. The van der Waals surface area contributed by atoms with Crippen molar-refractivity contribution < 1.29 is 9.47 Å². The third kappa shape index (κ3) is 5.63. The summed E-state index contributed by atoms with van der Waals surface area (Å²) in [6, 6.07) is 19.7. The van der Waals surface area contributed by atoms with Gasteiger partial charge in [0.1, 0.15) is 12.4 Å². The molecule has 0 saturated heterocycles. The van der Waals surface area contributed by atoms with Crippen LogP contribution in [0.15, 0.2) is 65.1 Å². The van der Waals surface area contributed by atoms with Gasteiger partial charge in [0, 0.05) is 28.0 Å². The number of benzene rings is 3. The molecule has 0 aliphatic rings. The van der Waals surface area contributed by atoms with Crippen molar-refractivity contribution in [3.05, 3.63) is 87.1 Å². The average Bonchev–Trinajstić information content (AvgIpc) is 3.21. The second-order valence-electron chi connectivity index (χ2n) is 7.46. The van der Waals surface area contributed by atoms with Crippen LogP contribution in [0.4, 0.5) is 0 Å². The van der Waals surface area contributed by atoms with Gasteiger partial charge < -0.3 is 19.8 Å². The molecule has 3 aromatic carbocycles. The lowest BCUT2D eigenvalue weighted by Crippen LogP contribution is -2.17. The average molecular weight is 515 g/mol. The molecule has 0 unspecified atom stereocenters. The SMILES string of the molecule is COc1ccc(Br)c(CNCCCc2nc3ccccc3[nH]2)c1OCc1cccc(Cl)c1. The molecule has 4 rings (SSSR count). The van der Waals surface area contributed by atoms with Crippen molar-refractivity contribution >= 4 is 38.6 Å². The quantitative estimate of drug-likeness (QED) is 0.244. The predicted octanol–water partition coefficient (Wildman–Crippen LogP) is 6.29. The highest BCUT2D eigenvalue weighted by Crippen LogP contribution is 2.37. The number of nitrogens with zero attached hydrogens (tertiary/aromatic N) is 1. The number of H-pyrrole nitrogens is 1. The number of hydrogen-bond donors (Lipinski definition) is 2. The molecule has 0 amide bonds. The van der Waals surface area contributed by atoms with E-state index in [0.717, 1.165) is 57.6 Å². The molecular weight excluding hydrogens is 490 g/mol. The standard InChI is InChI=1S/C25H25BrClN3O2/c1-31-23-12-11-20(26)19(25(23)32-16-17-6-4-7-18(27)14-17)15-28-13-5-10-24-29-21-8-2-3-9-22(21)30-24/h2-4,6-9,11-12,14,28H,5,10,13,15-16H2,1H3,(H,29,30). The number of para-hydroxylation sites is 2. The molecule has 32 heavy (non-hydrogen) atoms. The normalized spacial score (nSPS) is 11.1. The highest BCUT2D eigenvalue weighted by Gasteiger charge is 2.15. The fourth-order valence-electron chi connectivity index (χ4n) is 3.57. The maximum absolute atomic E-state index is 6.17. The minimum Gasteiger partial charge on any atom is -0.493 e. The number of fused-ring (bicyclic) bond motifs is 1. The number of methoxy groups -OCH3 is 1. The van der Waals surface area contributed by atoms with Crippen LogP contribution in [0.2, 0.25) is 5.02 Å². The Morgan fingerprint density at radius 2 is 1.97 bits per heavy atom. The first-order valence-corrected chi connectivity index (χ1v) is 11.7. The summed E-state index contributed by atoms with van der Waals surface area (Å²) in [5.74, 6) is 2.45. The fraction of sp³-hybridized carbons (Fsp3) is 0.240. The summed E-state index contributed by atoms with van der Waals surface area (Å²) in [7, 11) is 1.65. The maximum Gasteiger partial charge on any atom is 0.167 e. The number of rotatable bonds is 10. The first-order chi connectivity index (χ1) is 15.6. The Kier molecular flexibility index (Phi) is 7.68. The molecule has 0 radical (unpaired) electrons. The number of ether oxygens (including phenoxy) is 2. The van der Waals surface area contributed by atoms with Gasteiger partial charge in [-0.05, 0) is 54.9 Å². The summed E-state index contributed by atoms with van der Waals surface area (Å²) in [6.07, 6.45) is 1.86. The number of halogens is 2. The summed E-state index contributed by atoms with van der Waals surface area (Å²) >= 11 is 9.76. The molecular formula is C25H25BrClN3O2.